The Morgan fingerprint density at radius 3 is 2.57 bits per heavy atom. The summed E-state index contributed by atoms with van der Waals surface area (Å²) >= 11 is 0. The third-order valence-corrected chi connectivity index (χ3v) is 4.80. The molecule has 21 heavy (non-hydrogen) atoms. The number of benzene rings is 1. The molecule has 0 aliphatic heterocycles. The number of hydrogen-bond donors (Lipinski definition) is 1. The van der Waals surface area contributed by atoms with Crippen molar-refractivity contribution >= 4 is 0 Å². The molecule has 2 nitrogen and oxygen atoms in total. The van der Waals surface area contributed by atoms with E-state index in [1.165, 1.54) is 11.1 Å². The minimum absolute atomic E-state index is 0.215. The summed E-state index contributed by atoms with van der Waals surface area (Å²) in [6.45, 7) is 14.3. The quantitative estimate of drug-likeness (QED) is 0.833. The predicted molar refractivity (Wildman–Crippen MR) is 89.5 cm³/mol. The van der Waals surface area contributed by atoms with Gasteiger partial charge < -0.3 is 10.1 Å². The maximum atomic E-state index is 6.05. The molecule has 1 N–H and O–H groups in total. The van der Waals surface area contributed by atoms with Crippen molar-refractivity contribution in [3.8, 4) is 0 Å². The van der Waals surface area contributed by atoms with Gasteiger partial charge in [0.1, 0.15) is 0 Å². The molecule has 1 saturated carbocycles. The van der Waals surface area contributed by atoms with Gasteiger partial charge >= 0.3 is 0 Å². The van der Waals surface area contributed by atoms with Crippen molar-refractivity contribution in [3.05, 3.63) is 35.4 Å². The first kappa shape index (κ1) is 16.5. The lowest BCUT2D eigenvalue weighted by Crippen LogP contribution is -2.61. The highest BCUT2D eigenvalue weighted by molar-refractivity contribution is 5.25. The fourth-order valence-electron chi connectivity index (χ4n) is 3.10. The average Bonchev–Trinajstić information content (AvgIpc) is 2.41. The largest absolute Gasteiger partial charge is 0.377 e. The molecule has 1 aromatic carbocycles. The summed E-state index contributed by atoms with van der Waals surface area (Å²) in [6, 6.07) is 9.70. The van der Waals surface area contributed by atoms with Gasteiger partial charge in [0.2, 0.25) is 0 Å². The first-order chi connectivity index (χ1) is 9.80. The third kappa shape index (κ3) is 3.87. The molecule has 1 aliphatic rings. The maximum Gasteiger partial charge on any atom is 0.0656 e. The fourth-order valence-corrected chi connectivity index (χ4v) is 3.10. The molecule has 0 heterocycles. The highest BCUT2D eigenvalue weighted by Gasteiger charge is 2.49. The van der Waals surface area contributed by atoms with Gasteiger partial charge in [-0.1, -0.05) is 57.5 Å². The van der Waals surface area contributed by atoms with Gasteiger partial charge in [-0.2, -0.15) is 0 Å². The van der Waals surface area contributed by atoms with Crippen LogP contribution in [-0.2, 0) is 4.74 Å². The zero-order valence-electron chi connectivity index (χ0n) is 14.4. The lowest BCUT2D eigenvalue weighted by atomic mass is 9.64. The van der Waals surface area contributed by atoms with Crippen molar-refractivity contribution in [2.75, 3.05) is 6.61 Å². The minimum atomic E-state index is 0.215. The fraction of sp³-hybridized carbons (Fsp3) is 0.684. The summed E-state index contributed by atoms with van der Waals surface area (Å²) in [4.78, 5) is 0. The molecule has 1 fully saturated rings. The molecule has 0 aromatic heterocycles. The van der Waals surface area contributed by atoms with Gasteiger partial charge in [0.25, 0.3) is 0 Å². The van der Waals surface area contributed by atoms with E-state index in [1.807, 2.05) is 0 Å². The van der Waals surface area contributed by atoms with Crippen molar-refractivity contribution in [1.29, 1.82) is 0 Å². The SMILES string of the molecule is Cc1cccc([C@@H](C)NC2CC(OCC(C)C)C2(C)C)c1. The van der Waals surface area contributed by atoms with Crippen LogP contribution in [0.2, 0.25) is 0 Å². The third-order valence-electron chi connectivity index (χ3n) is 4.80. The van der Waals surface area contributed by atoms with E-state index < -0.39 is 0 Å². The van der Waals surface area contributed by atoms with E-state index in [0.29, 0.717) is 24.1 Å². The van der Waals surface area contributed by atoms with E-state index in [1.54, 1.807) is 0 Å². The van der Waals surface area contributed by atoms with Crippen molar-refractivity contribution in [1.82, 2.24) is 5.32 Å². The molecule has 0 saturated heterocycles. The van der Waals surface area contributed by atoms with Crippen LogP contribution in [0.1, 0.15) is 58.2 Å². The van der Waals surface area contributed by atoms with E-state index in [0.717, 1.165) is 13.0 Å². The van der Waals surface area contributed by atoms with Crippen LogP contribution >= 0.6 is 0 Å². The van der Waals surface area contributed by atoms with Gasteiger partial charge in [0, 0.05) is 24.1 Å². The monoisotopic (exact) mass is 289 g/mol. The van der Waals surface area contributed by atoms with Crippen LogP contribution in [0.3, 0.4) is 0 Å². The molecule has 118 valence electrons. The molecule has 1 aliphatic carbocycles. The normalized spacial score (nSPS) is 25.7. The molecular weight excluding hydrogens is 258 g/mol. The number of aryl methyl sites for hydroxylation is 1. The van der Waals surface area contributed by atoms with Crippen LogP contribution in [0.4, 0.5) is 0 Å². The molecule has 0 radical (unpaired) electrons. The second kappa shape index (κ2) is 6.50. The van der Waals surface area contributed by atoms with E-state index in [2.05, 4.69) is 71.1 Å². The molecular formula is C19H31NO. The second-order valence-electron chi connectivity index (χ2n) is 7.63. The van der Waals surface area contributed by atoms with Crippen LogP contribution in [0.5, 0.6) is 0 Å². The van der Waals surface area contributed by atoms with Gasteiger partial charge in [0.15, 0.2) is 0 Å². The van der Waals surface area contributed by atoms with Crippen LogP contribution in [0.25, 0.3) is 0 Å². The molecule has 3 atom stereocenters. The molecule has 0 amide bonds. The lowest BCUT2D eigenvalue weighted by molar-refractivity contribution is -0.125. The van der Waals surface area contributed by atoms with Gasteiger partial charge in [-0.05, 0) is 31.7 Å². The van der Waals surface area contributed by atoms with E-state index >= 15 is 0 Å². The van der Waals surface area contributed by atoms with Crippen molar-refractivity contribution in [3.63, 3.8) is 0 Å². The number of nitrogens with one attached hydrogen (secondary N) is 1. The van der Waals surface area contributed by atoms with Gasteiger partial charge in [-0.15, -0.1) is 0 Å². The van der Waals surface area contributed by atoms with Gasteiger partial charge in [-0.25, -0.2) is 0 Å². The zero-order valence-corrected chi connectivity index (χ0v) is 14.4. The Morgan fingerprint density at radius 1 is 1.29 bits per heavy atom. The predicted octanol–water partition coefficient (Wildman–Crippen LogP) is 4.49. The Morgan fingerprint density at radius 2 is 2.00 bits per heavy atom. The first-order valence-corrected chi connectivity index (χ1v) is 8.25. The van der Waals surface area contributed by atoms with E-state index in [4.69, 9.17) is 4.74 Å². The number of ether oxygens (including phenoxy) is 1. The van der Waals surface area contributed by atoms with Crippen molar-refractivity contribution in [2.45, 2.75) is 66.2 Å². The van der Waals surface area contributed by atoms with E-state index in [9.17, 15) is 0 Å². The minimum Gasteiger partial charge on any atom is -0.377 e. The van der Waals surface area contributed by atoms with Gasteiger partial charge in [0.05, 0.1) is 6.10 Å². The maximum absolute atomic E-state index is 6.05. The van der Waals surface area contributed by atoms with Crippen molar-refractivity contribution < 1.29 is 4.74 Å². The van der Waals surface area contributed by atoms with Crippen LogP contribution in [0, 0.1) is 18.3 Å². The smallest absolute Gasteiger partial charge is 0.0656 e. The average molecular weight is 289 g/mol. The Bertz CT molecular complexity index is 466. The summed E-state index contributed by atoms with van der Waals surface area (Å²) in [5, 5.41) is 3.79. The molecule has 1 aromatic rings. The molecule has 2 unspecified atom stereocenters. The molecule has 0 bridgehead atoms. The summed E-state index contributed by atoms with van der Waals surface area (Å²) in [6.07, 6.45) is 1.51. The Hall–Kier alpha value is -0.860. The number of hydrogen-bond acceptors (Lipinski definition) is 2. The van der Waals surface area contributed by atoms with E-state index in [-0.39, 0.29) is 5.41 Å². The second-order valence-corrected chi connectivity index (χ2v) is 7.63. The summed E-state index contributed by atoms with van der Waals surface area (Å²) in [7, 11) is 0. The molecule has 0 spiro atoms. The first-order valence-electron chi connectivity index (χ1n) is 8.25. The molecule has 2 rings (SSSR count). The Balaban J connectivity index is 1.90. The highest BCUT2D eigenvalue weighted by atomic mass is 16.5. The van der Waals surface area contributed by atoms with Gasteiger partial charge in [-0.3, -0.25) is 0 Å². The Kier molecular flexibility index (Phi) is 5.11. The highest BCUT2D eigenvalue weighted by Crippen LogP contribution is 2.43. The molecule has 2 heteroatoms. The van der Waals surface area contributed by atoms with Crippen LogP contribution < -0.4 is 5.32 Å². The Labute approximate surface area is 130 Å². The van der Waals surface area contributed by atoms with Crippen LogP contribution in [0.15, 0.2) is 24.3 Å². The van der Waals surface area contributed by atoms with Crippen molar-refractivity contribution in [2.24, 2.45) is 11.3 Å². The topological polar surface area (TPSA) is 21.3 Å². The zero-order chi connectivity index (χ0) is 15.6. The standard InChI is InChI=1S/C19H31NO/c1-13(2)12-21-18-11-17(19(18,5)6)20-15(4)16-9-7-8-14(3)10-16/h7-10,13,15,17-18,20H,11-12H2,1-6H3/t15-,17?,18?/m1/s1. The summed E-state index contributed by atoms with van der Waals surface area (Å²) in [5.74, 6) is 0.610. The number of rotatable bonds is 6. The lowest BCUT2D eigenvalue weighted by Gasteiger charge is -2.53. The van der Waals surface area contributed by atoms with Crippen LogP contribution in [-0.4, -0.2) is 18.8 Å². The summed E-state index contributed by atoms with van der Waals surface area (Å²) < 4.78 is 6.05. The summed E-state index contributed by atoms with van der Waals surface area (Å²) in [5.41, 5.74) is 2.91.